The van der Waals surface area contributed by atoms with Crippen molar-refractivity contribution in [1.29, 1.82) is 0 Å². The van der Waals surface area contributed by atoms with E-state index in [-0.39, 0.29) is 0 Å². The zero-order chi connectivity index (χ0) is 13.5. The van der Waals surface area contributed by atoms with Crippen LogP contribution in [-0.4, -0.2) is 11.5 Å². The quantitative estimate of drug-likeness (QED) is 0.686. The Morgan fingerprint density at radius 2 is 1.85 bits per heavy atom. The van der Waals surface area contributed by atoms with Crippen LogP contribution in [0.5, 0.6) is 0 Å². The molecule has 2 aromatic carbocycles. The zero-order valence-electron chi connectivity index (χ0n) is 11.7. The van der Waals surface area contributed by atoms with Gasteiger partial charge in [-0.05, 0) is 29.2 Å². The summed E-state index contributed by atoms with van der Waals surface area (Å²) in [5.74, 6) is 0. The lowest BCUT2D eigenvalue weighted by Gasteiger charge is -2.14. The van der Waals surface area contributed by atoms with Crippen LogP contribution in [0.15, 0.2) is 42.5 Å². The molecule has 1 aromatic heterocycles. The Kier molecular flexibility index (Phi) is 2.64. The molecule has 0 aliphatic carbocycles. The van der Waals surface area contributed by atoms with Crippen molar-refractivity contribution in [2.45, 2.75) is 19.9 Å². The maximum absolute atomic E-state index is 3.65. The van der Waals surface area contributed by atoms with E-state index in [2.05, 4.69) is 59.7 Å². The van der Waals surface area contributed by atoms with Gasteiger partial charge in [0.2, 0.25) is 0 Å². The van der Waals surface area contributed by atoms with Gasteiger partial charge < -0.3 is 10.3 Å². The molecule has 0 saturated heterocycles. The highest BCUT2D eigenvalue weighted by molar-refractivity contribution is 6.00. The van der Waals surface area contributed by atoms with E-state index in [9.17, 15) is 0 Å². The van der Waals surface area contributed by atoms with Gasteiger partial charge in [-0.3, -0.25) is 0 Å². The number of aromatic amines is 1. The topological polar surface area (TPSA) is 27.8 Å². The molecule has 3 aromatic rings. The summed E-state index contributed by atoms with van der Waals surface area (Å²) < 4.78 is 0. The second-order valence-corrected chi connectivity index (χ2v) is 5.55. The fraction of sp³-hybridized carbons (Fsp3) is 0.222. The SMILES string of the molecule is Cc1ccc(-c2ccccc2)c2c3c([nH]c12)CCNC3. The molecule has 0 bridgehead atoms. The first kappa shape index (κ1) is 11.7. The fourth-order valence-corrected chi connectivity index (χ4v) is 3.25. The minimum Gasteiger partial charge on any atom is -0.358 e. The van der Waals surface area contributed by atoms with E-state index in [4.69, 9.17) is 0 Å². The van der Waals surface area contributed by atoms with Crippen LogP contribution in [0.25, 0.3) is 22.0 Å². The number of rotatable bonds is 1. The first-order chi connectivity index (χ1) is 9.84. The van der Waals surface area contributed by atoms with Crippen LogP contribution in [0.2, 0.25) is 0 Å². The number of nitrogens with one attached hydrogen (secondary N) is 2. The average Bonchev–Trinajstić information content (AvgIpc) is 2.89. The van der Waals surface area contributed by atoms with E-state index < -0.39 is 0 Å². The van der Waals surface area contributed by atoms with E-state index >= 15 is 0 Å². The largest absolute Gasteiger partial charge is 0.358 e. The monoisotopic (exact) mass is 262 g/mol. The Morgan fingerprint density at radius 1 is 1.00 bits per heavy atom. The predicted octanol–water partition coefficient (Wildman–Crippen LogP) is 3.79. The molecule has 100 valence electrons. The van der Waals surface area contributed by atoms with E-state index in [1.54, 1.807) is 0 Å². The number of aromatic nitrogens is 1. The Hall–Kier alpha value is -2.06. The van der Waals surface area contributed by atoms with Crippen LogP contribution >= 0.6 is 0 Å². The second-order valence-electron chi connectivity index (χ2n) is 5.55. The zero-order valence-corrected chi connectivity index (χ0v) is 11.7. The number of hydrogen-bond acceptors (Lipinski definition) is 1. The number of fused-ring (bicyclic) bond motifs is 3. The van der Waals surface area contributed by atoms with Crippen molar-refractivity contribution in [3.8, 4) is 11.1 Å². The molecule has 0 amide bonds. The molecule has 0 saturated carbocycles. The molecule has 4 rings (SSSR count). The summed E-state index contributed by atoms with van der Waals surface area (Å²) in [6.07, 6.45) is 1.09. The lowest BCUT2D eigenvalue weighted by Crippen LogP contribution is -2.22. The van der Waals surface area contributed by atoms with Gasteiger partial charge in [0.15, 0.2) is 0 Å². The van der Waals surface area contributed by atoms with Gasteiger partial charge in [0.05, 0.1) is 0 Å². The van der Waals surface area contributed by atoms with Gasteiger partial charge in [0, 0.05) is 36.1 Å². The van der Waals surface area contributed by atoms with Crippen LogP contribution < -0.4 is 5.32 Å². The highest BCUT2D eigenvalue weighted by Gasteiger charge is 2.18. The third kappa shape index (κ3) is 1.69. The highest BCUT2D eigenvalue weighted by Crippen LogP contribution is 2.35. The maximum atomic E-state index is 3.65. The molecule has 1 aliphatic rings. The van der Waals surface area contributed by atoms with Crippen molar-refractivity contribution in [3.63, 3.8) is 0 Å². The molecule has 0 unspecified atom stereocenters. The van der Waals surface area contributed by atoms with Crippen molar-refractivity contribution < 1.29 is 0 Å². The third-order valence-corrected chi connectivity index (χ3v) is 4.29. The van der Waals surface area contributed by atoms with Crippen molar-refractivity contribution in [3.05, 3.63) is 59.3 Å². The summed E-state index contributed by atoms with van der Waals surface area (Å²) in [6.45, 7) is 4.23. The van der Waals surface area contributed by atoms with E-state index in [1.165, 1.54) is 38.9 Å². The minimum absolute atomic E-state index is 0.971. The summed E-state index contributed by atoms with van der Waals surface area (Å²) in [5.41, 5.74) is 8.13. The fourth-order valence-electron chi connectivity index (χ4n) is 3.25. The molecule has 1 aliphatic heterocycles. The predicted molar refractivity (Wildman–Crippen MR) is 83.9 cm³/mol. The Labute approximate surface area is 118 Å². The van der Waals surface area contributed by atoms with Crippen molar-refractivity contribution in [2.75, 3.05) is 6.54 Å². The molecule has 2 nitrogen and oxygen atoms in total. The number of benzene rings is 2. The molecule has 2 heteroatoms. The summed E-state index contributed by atoms with van der Waals surface area (Å²) in [7, 11) is 0. The normalized spacial score (nSPS) is 14.4. The standard InChI is InChI=1S/C18H18N2/c1-12-7-8-14(13-5-3-2-4-6-13)17-15-11-19-10-9-16(15)20-18(12)17/h2-8,19-20H,9-11H2,1H3. The van der Waals surface area contributed by atoms with Gasteiger partial charge in [0.1, 0.15) is 0 Å². The molecule has 20 heavy (non-hydrogen) atoms. The number of hydrogen-bond donors (Lipinski definition) is 2. The van der Waals surface area contributed by atoms with Crippen molar-refractivity contribution in [2.24, 2.45) is 0 Å². The Bertz CT molecular complexity index is 769. The molecule has 2 N–H and O–H groups in total. The van der Waals surface area contributed by atoms with Gasteiger partial charge >= 0.3 is 0 Å². The van der Waals surface area contributed by atoms with E-state index in [0.717, 1.165) is 19.5 Å². The van der Waals surface area contributed by atoms with Gasteiger partial charge in [-0.2, -0.15) is 0 Å². The molecular formula is C18H18N2. The number of H-pyrrole nitrogens is 1. The molecule has 0 radical (unpaired) electrons. The smallest absolute Gasteiger partial charge is 0.0495 e. The maximum Gasteiger partial charge on any atom is 0.0495 e. The van der Waals surface area contributed by atoms with Gasteiger partial charge in [-0.25, -0.2) is 0 Å². The molecule has 0 atom stereocenters. The third-order valence-electron chi connectivity index (χ3n) is 4.29. The Balaban J connectivity index is 2.07. The molecule has 2 heterocycles. The highest BCUT2D eigenvalue weighted by atomic mass is 14.9. The molecular weight excluding hydrogens is 244 g/mol. The second kappa shape index (κ2) is 4.50. The van der Waals surface area contributed by atoms with Crippen LogP contribution in [0.4, 0.5) is 0 Å². The average molecular weight is 262 g/mol. The summed E-state index contributed by atoms with van der Waals surface area (Å²) in [6, 6.07) is 15.2. The lowest BCUT2D eigenvalue weighted by atomic mass is 9.95. The van der Waals surface area contributed by atoms with Gasteiger partial charge in [-0.1, -0.05) is 42.5 Å². The lowest BCUT2D eigenvalue weighted by molar-refractivity contribution is 0.641. The van der Waals surface area contributed by atoms with Crippen LogP contribution in [0, 0.1) is 6.92 Å². The van der Waals surface area contributed by atoms with Crippen LogP contribution in [0.1, 0.15) is 16.8 Å². The first-order valence-electron chi connectivity index (χ1n) is 7.24. The first-order valence-corrected chi connectivity index (χ1v) is 7.24. The Morgan fingerprint density at radius 3 is 2.70 bits per heavy atom. The summed E-state index contributed by atoms with van der Waals surface area (Å²) >= 11 is 0. The van der Waals surface area contributed by atoms with Crippen molar-refractivity contribution in [1.82, 2.24) is 10.3 Å². The van der Waals surface area contributed by atoms with Gasteiger partial charge in [-0.15, -0.1) is 0 Å². The number of aryl methyl sites for hydroxylation is 1. The van der Waals surface area contributed by atoms with Gasteiger partial charge in [0.25, 0.3) is 0 Å². The molecule has 0 spiro atoms. The summed E-state index contributed by atoms with van der Waals surface area (Å²) in [5, 5.41) is 4.90. The van der Waals surface area contributed by atoms with Crippen molar-refractivity contribution >= 4 is 10.9 Å². The summed E-state index contributed by atoms with van der Waals surface area (Å²) in [4.78, 5) is 3.65. The van der Waals surface area contributed by atoms with E-state index in [0.29, 0.717) is 0 Å². The minimum atomic E-state index is 0.971. The van der Waals surface area contributed by atoms with Crippen LogP contribution in [0.3, 0.4) is 0 Å². The van der Waals surface area contributed by atoms with Crippen LogP contribution in [-0.2, 0) is 13.0 Å². The van der Waals surface area contributed by atoms with E-state index in [1.807, 2.05) is 0 Å². The molecule has 0 fully saturated rings.